The van der Waals surface area contributed by atoms with Crippen molar-refractivity contribution in [2.45, 2.75) is 52.5 Å². The Morgan fingerprint density at radius 1 is 1.35 bits per heavy atom. The van der Waals surface area contributed by atoms with Gasteiger partial charge in [-0.2, -0.15) is 0 Å². The first-order valence-electron chi connectivity index (χ1n) is 7.59. The third kappa shape index (κ3) is 3.33. The smallest absolute Gasteiger partial charge is 0.335 e. The summed E-state index contributed by atoms with van der Waals surface area (Å²) in [7, 11) is 0. The molecule has 20 heavy (non-hydrogen) atoms. The number of anilines is 1. The standard InChI is InChI=1S/C17H25NO2/c1-12(2)11-18(15-6-4-5-7-15)16-9-8-14(17(19)20)10-13(16)3/h8-10,12,15H,4-7,11H2,1-3H3,(H,19,20). The van der Waals surface area contributed by atoms with Crippen LogP contribution in [0, 0.1) is 12.8 Å². The summed E-state index contributed by atoms with van der Waals surface area (Å²) < 4.78 is 0. The summed E-state index contributed by atoms with van der Waals surface area (Å²) in [5.41, 5.74) is 2.65. The molecule has 0 aromatic heterocycles. The van der Waals surface area contributed by atoms with E-state index in [-0.39, 0.29) is 0 Å². The van der Waals surface area contributed by atoms with Gasteiger partial charge in [0.1, 0.15) is 0 Å². The largest absolute Gasteiger partial charge is 0.478 e. The molecule has 1 aliphatic rings. The second-order valence-electron chi connectivity index (χ2n) is 6.29. The van der Waals surface area contributed by atoms with Gasteiger partial charge in [-0.1, -0.05) is 26.7 Å². The van der Waals surface area contributed by atoms with Crippen LogP contribution in [0.3, 0.4) is 0 Å². The number of rotatable bonds is 5. The molecular weight excluding hydrogens is 250 g/mol. The predicted molar refractivity (Wildman–Crippen MR) is 82.6 cm³/mol. The van der Waals surface area contributed by atoms with Gasteiger partial charge in [0.25, 0.3) is 0 Å². The molecule has 1 aromatic carbocycles. The molecule has 0 aliphatic heterocycles. The number of nitrogens with zero attached hydrogens (tertiary/aromatic N) is 1. The van der Waals surface area contributed by atoms with E-state index in [1.165, 1.54) is 31.4 Å². The van der Waals surface area contributed by atoms with E-state index in [0.29, 0.717) is 17.5 Å². The first-order valence-corrected chi connectivity index (χ1v) is 7.59. The van der Waals surface area contributed by atoms with Crippen LogP contribution >= 0.6 is 0 Å². The number of aromatic carboxylic acids is 1. The second kappa shape index (κ2) is 6.29. The fourth-order valence-corrected chi connectivity index (χ4v) is 3.16. The monoisotopic (exact) mass is 275 g/mol. The van der Waals surface area contributed by atoms with Gasteiger partial charge in [-0.05, 0) is 49.4 Å². The topological polar surface area (TPSA) is 40.5 Å². The zero-order valence-electron chi connectivity index (χ0n) is 12.7. The van der Waals surface area contributed by atoms with Crippen LogP contribution in [0.1, 0.15) is 55.5 Å². The molecule has 2 rings (SSSR count). The number of hydrogen-bond acceptors (Lipinski definition) is 2. The van der Waals surface area contributed by atoms with Gasteiger partial charge in [0.05, 0.1) is 5.56 Å². The summed E-state index contributed by atoms with van der Waals surface area (Å²) in [6.07, 6.45) is 5.14. The molecule has 3 heteroatoms. The van der Waals surface area contributed by atoms with Gasteiger partial charge >= 0.3 is 5.97 Å². The molecule has 1 N–H and O–H groups in total. The van der Waals surface area contributed by atoms with Crippen LogP contribution in [-0.4, -0.2) is 23.7 Å². The van der Waals surface area contributed by atoms with E-state index in [2.05, 4.69) is 18.7 Å². The minimum atomic E-state index is -0.851. The quantitative estimate of drug-likeness (QED) is 0.879. The number of carboxylic acids is 1. The average molecular weight is 275 g/mol. The Balaban J connectivity index is 2.30. The summed E-state index contributed by atoms with van der Waals surface area (Å²) in [4.78, 5) is 13.6. The van der Waals surface area contributed by atoms with Crippen molar-refractivity contribution in [1.82, 2.24) is 0 Å². The minimum Gasteiger partial charge on any atom is -0.478 e. The van der Waals surface area contributed by atoms with Gasteiger partial charge in [0.2, 0.25) is 0 Å². The van der Waals surface area contributed by atoms with Crippen LogP contribution in [0.15, 0.2) is 18.2 Å². The molecule has 0 radical (unpaired) electrons. The maximum atomic E-state index is 11.1. The van der Waals surface area contributed by atoms with E-state index in [4.69, 9.17) is 5.11 Å². The normalized spacial score (nSPS) is 15.8. The number of hydrogen-bond donors (Lipinski definition) is 1. The molecule has 1 aliphatic carbocycles. The van der Waals surface area contributed by atoms with Crippen LogP contribution in [-0.2, 0) is 0 Å². The minimum absolute atomic E-state index is 0.377. The molecule has 1 saturated carbocycles. The maximum Gasteiger partial charge on any atom is 0.335 e. The van der Waals surface area contributed by atoms with Gasteiger partial charge in [0, 0.05) is 18.3 Å². The molecule has 0 spiro atoms. The number of benzene rings is 1. The van der Waals surface area contributed by atoms with E-state index in [1.54, 1.807) is 12.1 Å². The highest BCUT2D eigenvalue weighted by molar-refractivity contribution is 5.88. The zero-order valence-corrected chi connectivity index (χ0v) is 12.7. The highest BCUT2D eigenvalue weighted by atomic mass is 16.4. The van der Waals surface area contributed by atoms with Crippen molar-refractivity contribution in [3.8, 4) is 0 Å². The fourth-order valence-electron chi connectivity index (χ4n) is 3.16. The van der Waals surface area contributed by atoms with Crippen LogP contribution in [0.5, 0.6) is 0 Å². The van der Waals surface area contributed by atoms with E-state index < -0.39 is 5.97 Å². The summed E-state index contributed by atoms with van der Waals surface area (Å²) >= 11 is 0. The van der Waals surface area contributed by atoms with E-state index >= 15 is 0 Å². The van der Waals surface area contributed by atoms with Gasteiger partial charge in [-0.3, -0.25) is 0 Å². The number of carboxylic acid groups (broad SMARTS) is 1. The highest BCUT2D eigenvalue weighted by Gasteiger charge is 2.24. The molecule has 1 fully saturated rings. The van der Waals surface area contributed by atoms with E-state index in [1.807, 2.05) is 13.0 Å². The molecule has 0 amide bonds. The SMILES string of the molecule is Cc1cc(C(=O)O)ccc1N(CC(C)C)C1CCCC1. The van der Waals surface area contributed by atoms with Crippen molar-refractivity contribution < 1.29 is 9.90 Å². The third-order valence-electron chi connectivity index (χ3n) is 4.08. The van der Waals surface area contributed by atoms with Crippen molar-refractivity contribution >= 4 is 11.7 Å². The Morgan fingerprint density at radius 2 is 2.00 bits per heavy atom. The van der Waals surface area contributed by atoms with Crippen LogP contribution in [0.4, 0.5) is 5.69 Å². The fraction of sp³-hybridized carbons (Fsp3) is 0.588. The van der Waals surface area contributed by atoms with Crippen LogP contribution < -0.4 is 4.90 Å². The zero-order chi connectivity index (χ0) is 14.7. The lowest BCUT2D eigenvalue weighted by molar-refractivity contribution is 0.0697. The van der Waals surface area contributed by atoms with E-state index in [9.17, 15) is 4.79 Å². The Labute approximate surface area is 121 Å². The first kappa shape index (κ1) is 14.9. The molecule has 0 unspecified atom stereocenters. The van der Waals surface area contributed by atoms with Gasteiger partial charge < -0.3 is 10.0 Å². The van der Waals surface area contributed by atoms with Crippen LogP contribution in [0.2, 0.25) is 0 Å². The van der Waals surface area contributed by atoms with Crippen molar-refractivity contribution in [3.05, 3.63) is 29.3 Å². The summed E-state index contributed by atoms with van der Waals surface area (Å²) in [5, 5.41) is 9.08. The van der Waals surface area contributed by atoms with Gasteiger partial charge in [0.15, 0.2) is 0 Å². The highest BCUT2D eigenvalue weighted by Crippen LogP contribution is 2.31. The lowest BCUT2D eigenvalue weighted by Gasteiger charge is -2.34. The Kier molecular flexibility index (Phi) is 4.69. The Bertz CT molecular complexity index is 476. The molecule has 3 nitrogen and oxygen atoms in total. The van der Waals surface area contributed by atoms with Crippen LogP contribution in [0.25, 0.3) is 0 Å². The predicted octanol–water partition coefficient (Wildman–Crippen LogP) is 4.10. The van der Waals surface area contributed by atoms with Gasteiger partial charge in [-0.15, -0.1) is 0 Å². The molecule has 0 bridgehead atoms. The van der Waals surface area contributed by atoms with Gasteiger partial charge in [-0.25, -0.2) is 4.79 Å². The van der Waals surface area contributed by atoms with Crippen molar-refractivity contribution in [2.24, 2.45) is 5.92 Å². The van der Waals surface area contributed by atoms with Crippen molar-refractivity contribution in [1.29, 1.82) is 0 Å². The maximum absolute atomic E-state index is 11.1. The molecule has 0 atom stereocenters. The van der Waals surface area contributed by atoms with Crippen molar-refractivity contribution in [2.75, 3.05) is 11.4 Å². The number of carbonyl (C=O) groups is 1. The first-order chi connectivity index (χ1) is 9.49. The summed E-state index contributed by atoms with van der Waals surface area (Å²) in [5.74, 6) is -0.245. The molecular formula is C17H25NO2. The third-order valence-corrected chi connectivity index (χ3v) is 4.08. The average Bonchev–Trinajstić information content (AvgIpc) is 2.89. The molecule has 0 saturated heterocycles. The Hall–Kier alpha value is -1.51. The second-order valence-corrected chi connectivity index (χ2v) is 6.29. The Morgan fingerprint density at radius 3 is 2.50 bits per heavy atom. The summed E-state index contributed by atoms with van der Waals surface area (Å²) in [6.45, 7) is 7.54. The summed E-state index contributed by atoms with van der Waals surface area (Å²) in [6, 6.07) is 6.12. The molecule has 110 valence electrons. The molecule has 1 aromatic rings. The lowest BCUT2D eigenvalue weighted by atomic mass is 10.0. The van der Waals surface area contributed by atoms with E-state index in [0.717, 1.165) is 12.1 Å². The lowest BCUT2D eigenvalue weighted by Crippen LogP contribution is -2.36. The number of aryl methyl sites for hydroxylation is 1. The molecule has 0 heterocycles. The van der Waals surface area contributed by atoms with Crippen molar-refractivity contribution in [3.63, 3.8) is 0 Å².